The molecule has 4 N–H and O–H groups in total. The molecule has 0 saturated heterocycles. The van der Waals surface area contributed by atoms with E-state index < -0.39 is 11.7 Å². The monoisotopic (exact) mass is 195 g/mol. The Balaban J connectivity index is 2.65. The van der Waals surface area contributed by atoms with Gasteiger partial charge in [-0.1, -0.05) is 12.1 Å². The molecule has 1 rings (SSSR count). The van der Waals surface area contributed by atoms with E-state index in [1.54, 1.807) is 6.07 Å². The van der Waals surface area contributed by atoms with Gasteiger partial charge in [-0.05, 0) is 12.1 Å². The van der Waals surface area contributed by atoms with Crippen molar-refractivity contribution < 1.29 is 9.18 Å². The Bertz CT molecular complexity index is 365. The molecule has 1 aromatic carbocycles. The zero-order chi connectivity index (χ0) is 10.6. The van der Waals surface area contributed by atoms with Gasteiger partial charge in [-0.3, -0.25) is 10.2 Å². The van der Waals surface area contributed by atoms with Crippen LogP contribution in [0.3, 0.4) is 0 Å². The molecule has 0 aliphatic heterocycles. The quantitative estimate of drug-likeness (QED) is 0.498. The third kappa shape index (κ3) is 2.85. The molecule has 5 heteroatoms. The Labute approximate surface area is 80.4 Å². The number of nitrogens with one attached hydrogen (secondary N) is 2. The Hall–Kier alpha value is -1.91. The van der Waals surface area contributed by atoms with Gasteiger partial charge in [-0.2, -0.15) is 0 Å². The van der Waals surface area contributed by atoms with E-state index in [0.29, 0.717) is 0 Å². The van der Waals surface area contributed by atoms with Gasteiger partial charge in [-0.25, -0.2) is 4.39 Å². The molecule has 74 valence electrons. The predicted octanol–water partition coefficient (Wildman–Crippen LogP) is 1.09. The summed E-state index contributed by atoms with van der Waals surface area (Å²) in [4.78, 5) is 11.1. The van der Waals surface area contributed by atoms with Gasteiger partial charge in [0.05, 0.1) is 12.1 Å². The van der Waals surface area contributed by atoms with Gasteiger partial charge in [0.2, 0.25) is 5.91 Å². The van der Waals surface area contributed by atoms with Gasteiger partial charge in [-0.15, -0.1) is 0 Å². The number of carbonyl (C=O) groups is 1. The highest BCUT2D eigenvalue weighted by Gasteiger charge is 2.06. The van der Waals surface area contributed by atoms with E-state index in [1.807, 2.05) is 0 Å². The van der Waals surface area contributed by atoms with Crippen molar-refractivity contribution in [2.45, 2.75) is 6.42 Å². The van der Waals surface area contributed by atoms with Crippen LogP contribution < -0.4 is 11.1 Å². The summed E-state index contributed by atoms with van der Waals surface area (Å²) in [6.07, 6.45) is -0.228. The minimum Gasteiger partial charge on any atom is -0.387 e. The van der Waals surface area contributed by atoms with E-state index in [1.165, 1.54) is 18.2 Å². The van der Waals surface area contributed by atoms with Crippen molar-refractivity contribution in [1.29, 1.82) is 5.41 Å². The fourth-order valence-electron chi connectivity index (χ4n) is 0.930. The molecule has 0 radical (unpaired) electrons. The highest BCUT2D eigenvalue weighted by molar-refractivity contribution is 6.03. The Morgan fingerprint density at radius 2 is 2.14 bits per heavy atom. The van der Waals surface area contributed by atoms with Crippen LogP contribution in [0.1, 0.15) is 6.42 Å². The Morgan fingerprint density at radius 3 is 2.71 bits per heavy atom. The van der Waals surface area contributed by atoms with Crippen molar-refractivity contribution in [3.8, 4) is 0 Å². The van der Waals surface area contributed by atoms with Crippen LogP contribution in [0.2, 0.25) is 0 Å². The van der Waals surface area contributed by atoms with Gasteiger partial charge in [0.25, 0.3) is 0 Å². The lowest BCUT2D eigenvalue weighted by Gasteiger charge is -2.04. The van der Waals surface area contributed by atoms with Crippen molar-refractivity contribution in [3.63, 3.8) is 0 Å². The van der Waals surface area contributed by atoms with Crippen LogP contribution in [-0.4, -0.2) is 11.7 Å². The van der Waals surface area contributed by atoms with E-state index in [-0.39, 0.29) is 17.9 Å². The second-order valence-corrected chi connectivity index (χ2v) is 2.73. The number of amides is 1. The summed E-state index contributed by atoms with van der Waals surface area (Å²) in [6, 6.07) is 5.80. The summed E-state index contributed by atoms with van der Waals surface area (Å²) in [7, 11) is 0. The number of benzene rings is 1. The molecule has 0 heterocycles. The molecule has 0 unspecified atom stereocenters. The summed E-state index contributed by atoms with van der Waals surface area (Å²) < 4.78 is 13.0. The first-order valence-corrected chi connectivity index (χ1v) is 3.97. The summed E-state index contributed by atoms with van der Waals surface area (Å²) in [5.74, 6) is -1.26. The summed E-state index contributed by atoms with van der Waals surface area (Å²) >= 11 is 0. The lowest BCUT2D eigenvalue weighted by molar-refractivity contribution is -0.115. The minimum absolute atomic E-state index is 0.0961. The van der Waals surface area contributed by atoms with Crippen LogP contribution in [0, 0.1) is 11.2 Å². The lowest BCUT2D eigenvalue weighted by Crippen LogP contribution is -2.21. The maximum absolute atomic E-state index is 13.0. The molecule has 0 aliphatic carbocycles. The van der Waals surface area contributed by atoms with Crippen molar-refractivity contribution in [1.82, 2.24) is 0 Å². The fourth-order valence-corrected chi connectivity index (χ4v) is 0.930. The highest BCUT2D eigenvalue weighted by atomic mass is 19.1. The number of halogens is 1. The molecule has 1 aromatic rings. The van der Waals surface area contributed by atoms with Gasteiger partial charge in [0.1, 0.15) is 11.7 Å². The molecular weight excluding hydrogens is 185 g/mol. The molecule has 0 saturated carbocycles. The van der Waals surface area contributed by atoms with E-state index in [0.717, 1.165) is 0 Å². The summed E-state index contributed by atoms with van der Waals surface area (Å²) in [6.45, 7) is 0. The van der Waals surface area contributed by atoms with Gasteiger partial charge in [0.15, 0.2) is 0 Å². The van der Waals surface area contributed by atoms with Crippen LogP contribution in [0.25, 0.3) is 0 Å². The largest absolute Gasteiger partial charge is 0.387 e. The van der Waals surface area contributed by atoms with Crippen molar-refractivity contribution in [3.05, 3.63) is 30.1 Å². The zero-order valence-electron chi connectivity index (χ0n) is 7.38. The maximum Gasteiger partial charge on any atom is 0.231 e. The molecule has 0 bridgehead atoms. The molecular formula is C9H10FN3O. The van der Waals surface area contributed by atoms with Crippen molar-refractivity contribution >= 4 is 17.4 Å². The molecule has 1 amide bonds. The Morgan fingerprint density at radius 1 is 1.50 bits per heavy atom. The predicted molar refractivity (Wildman–Crippen MR) is 51.6 cm³/mol. The summed E-state index contributed by atoms with van der Waals surface area (Å²) in [5.41, 5.74) is 5.11. The number of rotatable bonds is 3. The molecule has 0 fully saturated rings. The van der Waals surface area contributed by atoms with E-state index in [2.05, 4.69) is 5.32 Å². The second-order valence-electron chi connectivity index (χ2n) is 2.73. The van der Waals surface area contributed by atoms with Crippen LogP contribution in [-0.2, 0) is 4.79 Å². The SMILES string of the molecule is N=C(N)CC(=O)Nc1ccccc1F. The fraction of sp³-hybridized carbons (Fsp3) is 0.111. The van der Waals surface area contributed by atoms with Crippen LogP contribution in [0.5, 0.6) is 0 Å². The van der Waals surface area contributed by atoms with E-state index in [9.17, 15) is 9.18 Å². The van der Waals surface area contributed by atoms with Crippen LogP contribution in [0.15, 0.2) is 24.3 Å². The smallest absolute Gasteiger partial charge is 0.231 e. The zero-order valence-corrected chi connectivity index (χ0v) is 7.38. The second kappa shape index (κ2) is 4.36. The topological polar surface area (TPSA) is 79.0 Å². The number of para-hydroxylation sites is 1. The van der Waals surface area contributed by atoms with E-state index in [4.69, 9.17) is 11.1 Å². The first-order chi connectivity index (χ1) is 6.59. The molecule has 4 nitrogen and oxygen atoms in total. The normalized spacial score (nSPS) is 9.50. The number of anilines is 1. The van der Waals surface area contributed by atoms with Gasteiger partial charge < -0.3 is 11.1 Å². The molecule has 0 aromatic heterocycles. The number of hydrogen-bond acceptors (Lipinski definition) is 2. The number of hydrogen-bond donors (Lipinski definition) is 3. The van der Waals surface area contributed by atoms with Crippen molar-refractivity contribution in [2.75, 3.05) is 5.32 Å². The van der Waals surface area contributed by atoms with Crippen LogP contribution >= 0.6 is 0 Å². The standard InChI is InChI=1S/C9H10FN3O/c10-6-3-1-2-4-7(6)13-9(14)5-8(11)12/h1-4H,5H2,(H3,11,12)(H,13,14). The number of nitrogens with two attached hydrogens (primary N) is 1. The lowest BCUT2D eigenvalue weighted by atomic mass is 10.3. The molecule has 14 heavy (non-hydrogen) atoms. The van der Waals surface area contributed by atoms with Gasteiger partial charge >= 0.3 is 0 Å². The minimum atomic E-state index is -0.510. The highest BCUT2D eigenvalue weighted by Crippen LogP contribution is 2.12. The molecule has 0 spiro atoms. The third-order valence-electron chi connectivity index (χ3n) is 1.50. The van der Waals surface area contributed by atoms with Gasteiger partial charge in [0, 0.05) is 0 Å². The molecule has 0 atom stereocenters. The average molecular weight is 195 g/mol. The first-order valence-electron chi connectivity index (χ1n) is 3.97. The average Bonchev–Trinajstić information content (AvgIpc) is 2.07. The van der Waals surface area contributed by atoms with Crippen LogP contribution in [0.4, 0.5) is 10.1 Å². The number of amidine groups is 1. The molecule has 0 aliphatic rings. The Kier molecular flexibility index (Phi) is 3.17. The maximum atomic E-state index is 13.0. The summed E-state index contributed by atoms with van der Waals surface area (Å²) in [5, 5.41) is 9.17. The van der Waals surface area contributed by atoms with Crippen molar-refractivity contribution in [2.24, 2.45) is 5.73 Å². The number of carbonyl (C=O) groups excluding carboxylic acids is 1. The third-order valence-corrected chi connectivity index (χ3v) is 1.50. The first kappa shape index (κ1) is 10.2. The van der Waals surface area contributed by atoms with E-state index >= 15 is 0 Å².